The lowest BCUT2D eigenvalue weighted by molar-refractivity contribution is 0.574. The Morgan fingerprint density at radius 1 is 1.24 bits per heavy atom. The number of nitrogen functional groups attached to an aromatic ring is 1. The summed E-state index contributed by atoms with van der Waals surface area (Å²) in [6.45, 7) is 0.134. The van der Waals surface area contributed by atoms with Crippen molar-refractivity contribution in [3.05, 3.63) is 41.7 Å². The summed E-state index contributed by atoms with van der Waals surface area (Å²) in [4.78, 5) is 11.2. The van der Waals surface area contributed by atoms with Gasteiger partial charge < -0.3 is 11.1 Å². The van der Waals surface area contributed by atoms with E-state index in [-0.39, 0.29) is 18.4 Å². The van der Waals surface area contributed by atoms with Gasteiger partial charge in [-0.1, -0.05) is 6.07 Å². The normalized spacial score (nSPS) is 10.2. The average Bonchev–Trinajstić information content (AvgIpc) is 2.28. The lowest BCUT2D eigenvalue weighted by atomic mass is 10.2. The molecule has 0 amide bonds. The van der Waals surface area contributed by atoms with Crippen molar-refractivity contribution >= 4 is 11.9 Å². The minimum Gasteiger partial charge on any atom is -0.368 e. The van der Waals surface area contributed by atoms with Gasteiger partial charge in [-0.3, -0.25) is 0 Å². The molecule has 2 aromatic rings. The van der Waals surface area contributed by atoms with Crippen LogP contribution < -0.4 is 11.1 Å². The molecule has 0 atom stereocenters. The Morgan fingerprint density at radius 3 is 2.76 bits per heavy atom. The minimum absolute atomic E-state index is 0.0714. The Balaban J connectivity index is 2.07. The number of hydrogen-bond donors (Lipinski definition) is 2. The van der Waals surface area contributed by atoms with E-state index in [9.17, 15) is 8.78 Å². The molecule has 3 N–H and O–H groups in total. The fourth-order valence-electron chi connectivity index (χ4n) is 1.23. The zero-order valence-corrected chi connectivity index (χ0v) is 8.69. The maximum absolute atomic E-state index is 13.3. The Kier molecular flexibility index (Phi) is 3.08. The van der Waals surface area contributed by atoms with Crippen LogP contribution in [0.4, 0.5) is 20.7 Å². The third-order valence-electron chi connectivity index (χ3n) is 2.04. The van der Waals surface area contributed by atoms with Crippen LogP contribution in [0.2, 0.25) is 0 Å². The molecule has 1 aromatic heterocycles. The van der Waals surface area contributed by atoms with Crippen molar-refractivity contribution in [2.24, 2.45) is 0 Å². The first-order valence-corrected chi connectivity index (χ1v) is 4.77. The molecule has 17 heavy (non-hydrogen) atoms. The van der Waals surface area contributed by atoms with E-state index in [1.165, 1.54) is 18.5 Å². The van der Waals surface area contributed by atoms with Gasteiger partial charge in [-0.25, -0.2) is 18.7 Å². The second-order valence-electron chi connectivity index (χ2n) is 3.26. The molecule has 0 fully saturated rings. The van der Waals surface area contributed by atoms with Crippen LogP contribution in [0.15, 0.2) is 24.5 Å². The molecule has 0 saturated heterocycles. The van der Waals surface area contributed by atoms with Crippen LogP contribution in [0.5, 0.6) is 0 Å². The number of halogens is 2. The van der Waals surface area contributed by atoms with Crippen molar-refractivity contribution in [2.75, 3.05) is 11.1 Å². The predicted molar refractivity (Wildman–Crippen MR) is 57.9 cm³/mol. The highest BCUT2D eigenvalue weighted by molar-refractivity contribution is 5.31. The van der Waals surface area contributed by atoms with E-state index in [4.69, 9.17) is 5.73 Å². The summed E-state index contributed by atoms with van der Waals surface area (Å²) in [5, 5.41) is 2.76. The number of aromatic nitrogens is 3. The molecule has 0 bridgehead atoms. The molecule has 1 heterocycles. The summed E-state index contributed by atoms with van der Waals surface area (Å²) >= 11 is 0. The van der Waals surface area contributed by atoms with E-state index in [0.29, 0.717) is 5.56 Å². The van der Waals surface area contributed by atoms with Crippen molar-refractivity contribution in [1.82, 2.24) is 15.0 Å². The van der Waals surface area contributed by atoms with E-state index in [0.717, 1.165) is 6.07 Å². The van der Waals surface area contributed by atoms with Gasteiger partial charge in [-0.2, -0.15) is 4.98 Å². The molecular weight excluding hydrogens is 228 g/mol. The molecule has 88 valence electrons. The van der Waals surface area contributed by atoms with Crippen LogP contribution in [-0.4, -0.2) is 15.0 Å². The SMILES string of the molecule is Nc1ncnc(NCc2ccc(F)cc2F)n1. The minimum atomic E-state index is -0.625. The zero-order valence-electron chi connectivity index (χ0n) is 8.69. The van der Waals surface area contributed by atoms with Crippen molar-refractivity contribution in [3.8, 4) is 0 Å². The average molecular weight is 237 g/mol. The van der Waals surface area contributed by atoms with Crippen LogP contribution in [0.25, 0.3) is 0 Å². The van der Waals surface area contributed by atoms with Gasteiger partial charge in [0.25, 0.3) is 0 Å². The van der Waals surface area contributed by atoms with E-state index >= 15 is 0 Å². The first kappa shape index (κ1) is 11.2. The Labute approximate surface area is 95.7 Å². The van der Waals surface area contributed by atoms with Gasteiger partial charge in [0, 0.05) is 18.2 Å². The van der Waals surface area contributed by atoms with Gasteiger partial charge in [0.1, 0.15) is 18.0 Å². The van der Waals surface area contributed by atoms with Gasteiger partial charge in [0.15, 0.2) is 0 Å². The van der Waals surface area contributed by atoms with Crippen LogP contribution >= 0.6 is 0 Å². The summed E-state index contributed by atoms with van der Waals surface area (Å²) in [5.74, 6) is -0.932. The van der Waals surface area contributed by atoms with Crippen LogP contribution in [-0.2, 0) is 6.54 Å². The molecule has 0 aliphatic rings. The van der Waals surface area contributed by atoms with Gasteiger partial charge in [-0.15, -0.1) is 0 Å². The molecule has 0 radical (unpaired) electrons. The fourth-order valence-corrected chi connectivity index (χ4v) is 1.23. The molecule has 5 nitrogen and oxygen atoms in total. The van der Waals surface area contributed by atoms with Gasteiger partial charge in [-0.05, 0) is 6.07 Å². The Bertz CT molecular complexity index is 532. The summed E-state index contributed by atoms with van der Waals surface area (Å²) in [5.41, 5.74) is 5.66. The molecule has 0 saturated carbocycles. The molecule has 2 rings (SSSR count). The standard InChI is InChI=1S/C10H9F2N5/c11-7-2-1-6(8(12)3-7)4-14-10-16-5-15-9(13)17-10/h1-3,5H,4H2,(H3,13,14,15,16,17). The second kappa shape index (κ2) is 4.69. The third-order valence-corrected chi connectivity index (χ3v) is 2.04. The molecule has 0 aliphatic heterocycles. The molecule has 0 unspecified atom stereocenters. The molecule has 0 aliphatic carbocycles. The fraction of sp³-hybridized carbons (Fsp3) is 0.100. The van der Waals surface area contributed by atoms with Gasteiger partial charge >= 0.3 is 0 Å². The van der Waals surface area contributed by atoms with Gasteiger partial charge in [0.2, 0.25) is 11.9 Å². The van der Waals surface area contributed by atoms with E-state index in [1.54, 1.807) is 0 Å². The van der Waals surface area contributed by atoms with Crippen LogP contribution in [0.3, 0.4) is 0 Å². The maximum Gasteiger partial charge on any atom is 0.227 e. The van der Waals surface area contributed by atoms with Crippen molar-refractivity contribution in [1.29, 1.82) is 0 Å². The lowest BCUT2D eigenvalue weighted by Crippen LogP contribution is -2.07. The van der Waals surface area contributed by atoms with Crippen molar-refractivity contribution in [3.63, 3.8) is 0 Å². The highest BCUT2D eigenvalue weighted by Crippen LogP contribution is 2.10. The maximum atomic E-state index is 13.3. The summed E-state index contributed by atoms with van der Waals surface area (Å²) in [7, 11) is 0. The molecular formula is C10H9F2N5. The summed E-state index contributed by atoms with van der Waals surface area (Å²) in [6, 6.07) is 3.35. The number of hydrogen-bond acceptors (Lipinski definition) is 5. The first-order chi connectivity index (χ1) is 8.15. The molecule has 7 heteroatoms. The second-order valence-corrected chi connectivity index (χ2v) is 3.26. The zero-order chi connectivity index (χ0) is 12.3. The number of nitrogens with two attached hydrogens (primary N) is 1. The highest BCUT2D eigenvalue weighted by atomic mass is 19.1. The van der Waals surface area contributed by atoms with E-state index in [2.05, 4.69) is 20.3 Å². The number of benzene rings is 1. The van der Waals surface area contributed by atoms with Crippen LogP contribution in [0, 0.1) is 11.6 Å². The quantitative estimate of drug-likeness (QED) is 0.842. The smallest absolute Gasteiger partial charge is 0.227 e. The number of rotatable bonds is 3. The Morgan fingerprint density at radius 2 is 2.06 bits per heavy atom. The molecule has 1 aromatic carbocycles. The Hall–Kier alpha value is -2.31. The topological polar surface area (TPSA) is 76.7 Å². The lowest BCUT2D eigenvalue weighted by Gasteiger charge is -2.05. The third kappa shape index (κ3) is 2.83. The van der Waals surface area contributed by atoms with Crippen molar-refractivity contribution in [2.45, 2.75) is 6.54 Å². The summed E-state index contributed by atoms with van der Waals surface area (Å²) < 4.78 is 25.9. The largest absolute Gasteiger partial charge is 0.368 e. The van der Waals surface area contributed by atoms with Crippen LogP contribution in [0.1, 0.15) is 5.56 Å². The number of anilines is 2. The van der Waals surface area contributed by atoms with E-state index in [1.807, 2.05) is 0 Å². The number of nitrogens with zero attached hydrogens (tertiary/aromatic N) is 3. The summed E-state index contributed by atoms with van der Waals surface area (Å²) in [6.07, 6.45) is 1.24. The predicted octanol–water partition coefficient (Wildman–Crippen LogP) is 1.34. The highest BCUT2D eigenvalue weighted by Gasteiger charge is 2.04. The first-order valence-electron chi connectivity index (χ1n) is 4.77. The number of nitrogens with one attached hydrogen (secondary N) is 1. The van der Waals surface area contributed by atoms with Crippen molar-refractivity contribution < 1.29 is 8.78 Å². The molecule has 0 spiro atoms. The monoisotopic (exact) mass is 237 g/mol. The van der Waals surface area contributed by atoms with E-state index < -0.39 is 11.6 Å². The van der Waals surface area contributed by atoms with Gasteiger partial charge in [0.05, 0.1) is 0 Å².